The number of hydrogen-bond donors (Lipinski definition) is 1. The van der Waals surface area contributed by atoms with Gasteiger partial charge in [-0.1, -0.05) is 30.4 Å². The number of amides is 2. The average Bonchev–Trinajstić information content (AvgIpc) is 2.94. The van der Waals surface area contributed by atoms with Gasteiger partial charge in [0.25, 0.3) is 0 Å². The highest BCUT2D eigenvalue weighted by Gasteiger charge is 2.24. The van der Waals surface area contributed by atoms with Gasteiger partial charge in [0.05, 0.1) is 0 Å². The van der Waals surface area contributed by atoms with Crippen LogP contribution in [-0.2, 0) is 11.2 Å². The zero-order chi connectivity index (χ0) is 19.0. The Kier molecular flexibility index (Phi) is 4.51. The maximum atomic E-state index is 11.9. The molecular weight excluding hydrogens is 324 g/mol. The van der Waals surface area contributed by atoms with Gasteiger partial charge in [-0.15, -0.1) is 0 Å². The monoisotopic (exact) mass is 346 g/mol. The molecule has 26 heavy (non-hydrogen) atoms. The molecule has 0 unspecified atom stereocenters. The van der Waals surface area contributed by atoms with Gasteiger partial charge >= 0.3 is 0 Å². The van der Waals surface area contributed by atoms with Gasteiger partial charge < -0.3 is 10.6 Å². The lowest BCUT2D eigenvalue weighted by Gasteiger charge is -2.18. The number of carbonyl (C=O) groups excluding carboxylic acids is 2. The summed E-state index contributed by atoms with van der Waals surface area (Å²) in [4.78, 5) is 25.3. The molecular formula is C22H22N2O2. The highest BCUT2D eigenvalue weighted by Crippen LogP contribution is 2.41. The highest BCUT2D eigenvalue weighted by molar-refractivity contribution is 6.02. The molecule has 0 aliphatic heterocycles. The summed E-state index contributed by atoms with van der Waals surface area (Å²) in [5.74, 6) is -0.566. The first-order chi connectivity index (χ1) is 12.3. The largest absolute Gasteiger partial charge is 0.366 e. The lowest BCUT2D eigenvalue weighted by Crippen LogP contribution is -2.23. The molecule has 0 spiro atoms. The Morgan fingerprint density at radius 2 is 1.92 bits per heavy atom. The van der Waals surface area contributed by atoms with E-state index in [1.54, 1.807) is 18.0 Å². The van der Waals surface area contributed by atoms with Crippen LogP contribution in [-0.4, -0.2) is 18.9 Å². The lowest BCUT2D eigenvalue weighted by molar-refractivity contribution is -0.113. The summed E-state index contributed by atoms with van der Waals surface area (Å²) in [6.45, 7) is 7.69. The Bertz CT molecular complexity index is 970. The molecule has 0 aromatic heterocycles. The highest BCUT2D eigenvalue weighted by atomic mass is 16.2. The smallest absolute Gasteiger partial charge is 0.250 e. The summed E-state index contributed by atoms with van der Waals surface area (Å²) in [5, 5.41) is 0. The van der Waals surface area contributed by atoms with Crippen LogP contribution in [0.3, 0.4) is 0 Å². The summed E-state index contributed by atoms with van der Waals surface area (Å²) < 4.78 is 0. The number of rotatable bonds is 4. The Hall–Kier alpha value is -3.14. The number of hydrogen-bond acceptors (Lipinski definition) is 2. The molecule has 0 heterocycles. The third kappa shape index (κ3) is 2.84. The Morgan fingerprint density at radius 3 is 2.58 bits per heavy atom. The van der Waals surface area contributed by atoms with Gasteiger partial charge in [0.2, 0.25) is 11.8 Å². The summed E-state index contributed by atoms with van der Waals surface area (Å²) in [7, 11) is 1.72. The first-order valence-corrected chi connectivity index (χ1v) is 8.48. The number of nitrogens with zero attached hydrogens (tertiary/aromatic N) is 1. The van der Waals surface area contributed by atoms with Crippen molar-refractivity contribution in [1.29, 1.82) is 0 Å². The van der Waals surface area contributed by atoms with Crippen LogP contribution in [0.4, 0.5) is 5.69 Å². The molecule has 2 N–H and O–H groups in total. The minimum atomic E-state index is -0.402. The van der Waals surface area contributed by atoms with E-state index >= 15 is 0 Å². The quantitative estimate of drug-likeness (QED) is 0.852. The van der Waals surface area contributed by atoms with Crippen LogP contribution in [0.2, 0.25) is 0 Å². The SMILES string of the molecule is C=CC(=O)N(C)c1cccc(-c2ccc(C(N)=O)c3c2C(C)=C(C)C3)c1. The van der Waals surface area contributed by atoms with Crippen molar-refractivity contribution in [3.8, 4) is 11.1 Å². The number of benzene rings is 2. The lowest BCUT2D eigenvalue weighted by atomic mass is 9.91. The molecule has 4 nitrogen and oxygen atoms in total. The molecule has 132 valence electrons. The van der Waals surface area contributed by atoms with E-state index in [1.165, 1.54) is 17.2 Å². The number of primary amides is 1. The fourth-order valence-electron chi connectivity index (χ4n) is 3.49. The zero-order valence-corrected chi connectivity index (χ0v) is 15.3. The molecule has 2 aromatic carbocycles. The van der Waals surface area contributed by atoms with Crippen molar-refractivity contribution < 1.29 is 9.59 Å². The molecule has 2 aromatic rings. The van der Waals surface area contributed by atoms with Gasteiger partial charge in [0, 0.05) is 18.3 Å². The zero-order valence-electron chi connectivity index (χ0n) is 15.3. The molecule has 0 bridgehead atoms. The second-order valence-corrected chi connectivity index (χ2v) is 6.61. The van der Waals surface area contributed by atoms with Crippen LogP contribution in [0.5, 0.6) is 0 Å². The predicted octanol–water partition coefficient (Wildman–Crippen LogP) is 3.95. The maximum absolute atomic E-state index is 11.9. The van der Waals surface area contributed by atoms with E-state index in [0.29, 0.717) is 5.56 Å². The number of anilines is 1. The second kappa shape index (κ2) is 6.64. The molecule has 0 fully saturated rings. The minimum absolute atomic E-state index is 0.164. The van der Waals surface area contributed by atoms with Crippen molar-refractivity contribution in [3.05, 3.63) is 71.3 Å². The molecule has 2 amide bonds. The molecule has 0 radical (unpaired) electrons. The van der Waals surface area contributed by atoms with E-state index in [2.05, 4.69) is 20.4 Å². The summed E-state index contributed by atoms with van der Waals surface area (Å²) in [6.07, 6.45) is 2.03. The fraction of sp³-hybridized carbons (Fsp3) is 0.182. The Morgan fingerprint density at radius 1 is 1.19 bits per heavy atom. The van der Waals surface area contributed by atoms with Crippen LogP contribution >= 0.6 is 0 Å². The van der Waals surface area contributed by atoms with Crippen LogP contribution < -0.4 is 10.6 Å². The van der Waals surface area contributed by atoms with Crippen molar-refractivity contribution in [2.24, 2.45) is 5.73 Å². The van der Waals surface area contributed by atoms with E-state index in [-0.39, 0.29) is 5.91 Å². The maximum Gasteiger partial charge on any atom is 0.250 e. The van der Waals surface area contributed by atoms with E-state index < -0.39 is 5.91 Å². The summed E-state index contributed by atoms with van der Waals surface area (Å²) in [6, 6.07) is 11.5. The molecule has 0 saturated carbocycles. The normalized spacial score (nSPS) is 12.7. The number of likely N-dealkylation sites (N-methyl/N-ethyl adjacent to an activating group) is 1. The van der Waals surface area contributed by atoms with Crippen molar-refractivity contribution in [2.45, 2.75) is 20.3 Å². The van der Waals surface area contributed by atoms with Crippen LogP contribution in [0.25, 0.3) is 16.7 Å². The third-order valence-electron chi connectivity index (χ3n) is 5.09. The number of carbonyl (C=O) groups is 2. The van der Waals surface area contributed by atoms with Crippen molar-refractivity contribution in [3.63, 3.8) is 0 Å². The standard InChI is InChI=1S/C22H22N2O2/c1-5-20(25)24(4)16-8-6-7-15(12-16)17-9-10-18(22(23)26)19-11-13(2)14(3)21(17)19/h5-10,12H,1,11H2,2-4H3,(H2,23,26). The summed E-state index contributed by atoms with van der Waals surface area (Å²) in [5.41, 5.74) is 13.5. The van der Waals surface area contributed by atoms with Gasteiger partial charge in [-0.05, 0) is 72.4 Å². The number of allylic oxidation sites excluding steroid dienone is 2. The minimum Gasteiger partial charge on any atom is -0.366 e. The van der Waals surface area contributed by atoms with Gasteiger partial charge in [0.15, 0.2) is 0 Å². The second-order valence-electron chi connectivity index (χ2n) is 6.61. The first-order valence-electron chi connectivity index (χ1n) is 8.48. The third-order valence-corrected chi connectivity index (χ3v) is 5.09. The van der Waals surface area contributed by atoms with Crippen LogP contribution in [0.15, 0.2) is 54.6 Å². The van der Waals surface area contributed by atoms with Gasteiger partial charge in [-0.3, -0.25) is 9.59 Å². The summed E-state index contributed by atoms with van der Waals surface area (Å²) >= 11 is 0. The predicted molar refractivity (Wildman–Crippen MR) is 106 cm³/mol. The van der Waals surface area contributed by atoms with Gasteiger partial charge in [-0.25, -0.2) is 0 Å². The van der Waals surface area contributed by atoms with Crippen molar-refractivity contribution in [2.75, 3.05) is 11.9 Å². The molecule has 1 aliphatic carbocycles. The fourth-order valence-corrected chi connectivity index (χ4v) is 3.49. The van der Waals surface area contributed by atoms with Gasteiger partial charge in [-0.2, -0.15) is 0 Å². The van der Waals surface area contributed by atoms with Gasteiger partial charge in [0.1, 0.15) is 0 Å². The molecule has 3 rings (SSSR count). The number of nitrogens with two attached hydrogens (primary N) is 1. The first kappa shape index (κ1) is 17.7. The van der Waals surface area contributed by atoms with Crippen molar-refractivity contribution in [1.82, 2.24) is 0 Å². The van der Waals surface area contributed by atoms with Crippen molar-refractivity contribution >= 4 is 23.1 Å². The van der Waals surface area contributed by atoms with Crippen LogP contribution in [0, 0.1) is 0 Å². The molecule has 0 atom stereocenters. The Labute approximate surface area is 153 Å². The molecule has 1 aliphatic rings. The van der Waals surface area contributed by atoms with Crippen LogP contribution in [0.1, 0.15) is 35.3 Å². The molecule has 4 heteroatoms. The van der Waals surface area contributed by atoms with E-state index in [1.807, 2.05) is 30.3 Å². The Balaban J connectivity index is 2.18. The topological polar surface area (TPSA) is 63.4 Å². The van der Waals surface area contributed by atoms with E-state index in [4.69, 9.17) is 5.73 Å². The van der Waals surface area contributed by atoms with E-state index in [9.17, 15) is 9.59 Å². The molecule has 0 saturated heterocycles. The van der Waals surface area contributed by atoms with E-state index in [0.717, 1.165) is 34.4 Å². The average molecular weight is 346 g/mol. The number of fused-ring (bicyclic) bond motifs is 1.